The predicted octanol–water partition coefficient (Wildman–Crippen LogP) is -0.435. The molecule has 10 heteroatoms. The van der Waals surface area contributed by atoms with Crippen LogP contribution in [-0.4, -0.2) is 100 Å². The topological polar surface area (TPSA) is 102 Å². The van der Waals surface area contributed by atoms with Crippen LogP contribution in [0.3, 0.4) is 0 Å². The lowest BCUT2D eigenvalue weighted by atomic mass is 10.2. The second-order valence-electron chi connectivity index (χ2n) is 7.82. The quantitative estimate of drug-likeness (QED) is 0.535. The first kappa shape index (κ1) is 22.7. The summed E-state index contributed by atoms with van der Waals surface area (Å²) in [5, 5.41) is 5.50. The normalized spacial score (nSPS) is 19.4. The van der Waals surface area contributed by atoms with E-state index in [2.05, 4.69) is 27.5 Å². The Morgan fingerprint density at radius 3 is 2.43 bits per heavy atom. The largest absolute Gasteiger partial charge is 0.354 e. The average Bonchev–Trinajstić information content (AvgIpc) is 2.75. The van der Waals surface area contributed by atoms with E-state index in [-0.39, 0.29) is 29.8 Å². The molecule has 166 valence electrons. The van der Waals surface area contributed by atoms with Crippen molar-refractivity contribution in [1.29, 1.82) is 0 Å². The van der Waals surface area contributed by atoms with Crippen LogP contribution >= 0.6 is 0 Å². The number of likely N-dealkylation sites (N-methyl/N-ethyl adjacent to an activating group) is 1. The number of nitrogens with one attached hydrogen (secondary N) is 2. The molecule has 2 saturated heterocycles. The van der Waals surface area contributed by atoms with Crippen molar-refractivity contribution in [2.24, 2.45) is 0 Å². The minimum atomic E-state index is -3.74. The van der Waals surface area contributed by atoms with Crippen LogP contribution in [0.4, 0.5) is 0 Å². The van der Waals surface area contributed by atoms with Crippen molar-refractivity contribution in [3.63, 3.8) is 0 Å². The Bertz CT molecular complexity index is 835. The highest BCUT2D eigenvalue weighted by Crippen LogP contribution is 2.17. The van der Waals surface area contributed by atoms with Crippen LogP contribution in [0.25, 0.3) is 0 Å². The molecule has 1 aromatic rings. The summed E-state index contributed by atoms with van der Waals surface area (Å²) in [6.45, 7) is 6.40. The van der Waals surface area contributed by atoms with E-state index in [1.807, 2.05) is 0 Å². The van der Waals surface area contributed by atoms with Gasteiger partial charge in [-0.05, 0) is 50.7 Å². The SMILES string of the molecule is CN1CCN(CCCCNC(=O)c2ccc(S(=O)(=O)N3CCNC(=O)C3)cc2)CC1. The van der Waals surface area contributed by atoms with Gasteiger partial charge in [-0.1, -0.05) is 0 Å². The summed E-state index contributed by atoms with van der Waals surface area (Å²) in [5.41, 5.74) is 0.421. The predicted molar refractivity (Wildman–Crippen MR) is 114 cm³/mol. The molecule has 30 heavy (non-hydrogen) atoms. The number of hydrogen-bond donors (Lipinski definition) is 2. The Labute approximate surface area is 178 Å². The number of unbranched alkanes of at least 4 members (excludes halogenated alkanes) is 1. The molecule has 0 aliphatic carbocycles. The van der Waals surface area contributed by atoms with E-state index in [9.17, 15) is 18.0 Å². The molecule has 3 rings (SSSR count). The fraction of sp³-hybridized carbons (Fsp3) is 0.600. The van der Waals surface area contributed by atoms with Crippen molar-refractivity contribution in [2.45, 2.75) is 17.7 Å². The number of amides is 2. The van der Waals surface area contributed by atoms with Crippen molar-refractivity contribution in [3.8, 4) is 0 Å². The fourth-order valence-corrected chi connectivity index (χ4v) is 4.98. The molecular weight excluding hydrogens is 406 g/mol. The number of sulfonamides is 1. The molecule has 2 heterocycles. The number of benzene rings is 1. The lowest BCUT2D eigenvalue weighted by molar-refractivity contribution is -0.122. The maximum Gasteiger partial charge on any atom is 0.251 e. The zero-order valence-electron chi connectivity index (χ0n) is 17.5. The van der Waals surface area contributed by atoms with Gasteiger partial charge in [0, 0.05) is 51.4 Å². The molecule has 0 saturated carbocycles. The van der Waals surface area contributed by atoms with E-state index in [4.69, 9.17) is 0 Å². The molecule has 2 aliphatic heterocycles. The second kappa shape index (κ2) is 10.3. The molecule has 9 nitrogen and oxygen atoms in total. The fourth-order valence-electron chi connectivity index (χ4n) is 3.58. The van der Waals surface area contributed by atoms with Gasteiger partial charge in [0.1, 0.15) is 0 Å². The second-order valence-corrected chi connectivity index (χ2v) is 9.76. The minimum absolute atomic E-state index is 0.0842. The van der Waals surface area contributed by atoms with Crippen LogP contribution in [0.2, 0.25) is 0 Å². The van der Waals surface area contributed by atoms with Gasteiger partial charge in [-0.15, -0.1) is 0 Å². The van der Waals surface area contributed by atoms with Crippen molar-refractivity contribution in [1.82, 2.24) is 24.7 Å². The molecule has 0 atom stereocenters. The van der Waals surface area contributed by atoms with Gasteiger partial charge in [0.25, 0.3) is 5.91 Å². The van der Waals surface area contributed by atoms with E-state index in [1.165, 1.54) is 24.3 Å². The van der Waals surface area contributed by atoms with E-state index >= 15 is 0 Å². The molecule has 0 radical (unpaired) electrons. The third-order valence-corrected chi connectivity index (χ3v) is 7.40. The number of hydrogen-bond acceptors (Lipinski definition) is 6. The molecule has 0 unspecified atom stereocenters. The zero-order chi connectivity index (χ0) is 21.6. The first-order chi connectivity index (χ1) is 14.4. The van der Waals surface area contributed by atoms with E-state index < -0.39 is 10.0 Å². The van der Waals surface area contributed by atoms with Gasteiger partial charge in [-0.2, -0.15) is 4.31 Å². The Hall–Kier alpha value is -2.01. The number of piperazine rings is 2. The van der Waals surface area contributed by atoms with Gasteiger partial charge in [0.05, 0.1) is 11.4 Å². The summed E-state index contributed by atoms with van der Waals surface area (Å²) < 4.78 is 26.4. The van der Waals surface area contributed by atoms with E-state index in [1.54, 1.807) is 0 Å². The van der Waals surface area contributed by atoms with Gasteiger partial charge in [-0.3, -0.25) is 9.59 Å². The third-order valence-electron chi connectivity index (χ3n) is 5.54. The lowest BCUT2D eigenvalue weighted by Crippen LogP contribution is -2.49. The van der Waals surface area contributed by atoms with Crippen molar-refractivity contribution in [3.05, 3.63) is 29.8 Å². The summed E-state index contributed by atoms with van der Waals surface area (Å²) in [6.07, 6.45) is 1.94. The van der Waals surface area contributed by atoms with E-state index in [0.29, 0.717) is 18.7 Å². The van der Waals surface area contributed by atoms with Crippen LogP contribution in [0, 0.1) is 0 Å². The molecule has 2 N–H and O–H groups in total. The summed E-state index contributed by atoms with van der Waals surface area (Å²) in [4.78, 5) is 28.6. The molecular formula is C20H31N5O4S. The van der Waals surface area contributed by atoms with Crippen molar-refractivity contribution < 1.29 is 18.0 Å². The number of rotatable bonds is 8. The molecule has 1 aromatic carbocycles. The summed E-state index contributed by atoms with van der Waals surface area (Å²) >= 11 is 0. The van der Waals surface area contributed by atoms with Gasteiger partial charge >= 0.3 is 0 Å². The van der Waals surface area contributed by atoms with Gasteiger partial charge in [-0.25, -0.2) is 8.42 Å². The Balaban J connectivity index is 1.43. The molecule has 2 aliphatic rings. The number of nitrogens with zero attached hydrogens (tertiary/aromatic N) is 3. The standard InChI is InChI=1S/C20H31N5O4S/c1-23-12-14-24(15-13-23)10-3-2-8-22-20(27)17-4-6-18(7-5-17)30(28,29)25-11-9-21-19(26)16-25/h4-7H,2-3,8-16H2,1H3,(H,21,26)(H,22,27). The molecule has 0 bridgehead atoms. The molecule has 2 amide bonds. The average molecular weight is 438 g/mol. The summed E-state index contributed by atoms with van der Waals surface area (Å²) in [7, 11) is -1.60. The first-order valence-electron chi connectivity index (χ1n) is 10.4. The van der Waals surface area contributed by atoms with Gasteiger partial charge in [0.2, 0.25) is 15.9 Å². The number of carbonyl (C=O) groups is 2. The monoisotopic (exact) mass is 437 g/mol. The highest BCUT2D eigenvalue weighted by atomic mass is 32.2. The Morgan fingerprint density at radius 1 is 1.07 bits per heavy atom. The van der Waals surface area contributed by atoms with Gasteiger partial charge in [0.15, 0.2) is 0 Å². The summed E-state index contributed by atoms with van der Waals surface area (Å²) in [5.74, 6) is -0.524. The zero-order valence-corrected chi connectivity index (χ0v) is 18.3. The van der Waals surface area contributed by atoms with Crippen LogP contribution in [-0.2, 0) is 14.8 Å². The van der Waals surface area contributed by atoms with Crippen LogP contribution < -0.4 is 10.6 Å². The van der Waals surface area contributed by atoms with E-state index in [0.717, 1.165) is 49.9 Å². The van der Waals surface area contributed by atoms with Crippen molar-refractivity contribution in [2.75, 3.05) is 66.0 Å². The first-order valence-corrected chi connectivity index (χ1v) is 11.9. The van der Waals surface area contributed by atoms with Gasteiger partial charge < -0.3 is 20.4 Å². The summed E-state index contributed by atoms with van der Waals surface area (Å²) in [6, 6.07) is 5.86. The third kappa shape index (κ3) is 6.00. The smallest absolute Gasteiger partial charge is 0.251 e. The molecule has 2 fully saturated rings. The molecule has 0 aromatic heterocycles. The Kier molecular flexibility index (Phi) is 7.81. The number of carbonyl (C=O) groups excluding carboxylic acids is 2. The van der Waals surface area contributed by atoms with Crippen LogP contribution in [0.5, 0.6) is 0 Å². The highest BCUT2D eigenvalue weighted by molar-refractivity contribution is 7.89. The maximum atomic E-state index is 12.6. The lowest BCUT2D eigenvalue weighted by Gasteiger charge is -2.32. The van der Waals surface area contributed by atoms with Crippen LogP contribution in [0.1, 0.15) is 23.2 Å². The Morgan fingerprint density at radius 2 is 1.77 bits per heavy atom. The van der Waals surface area contributed by atoms with Crippen LogP contribution in [0.15, 0.2) is 29.2 Å². The minimum Gasteiger partial charge on any atom is -0.354 e. The van der Waals surface area contributed by atoms with Crippen molar-refractivity contribution >= 4 is 21.8 Å². The highest BCUT2D eigenvalue weighted by Gasteiger charge is 2.29. The maximum absolute atomic E-state index is 12.6. The molecule has 0 spiro atoms.